The van der Waals surface area contributed by atoms with E-state index in [1.165, 1.54) is 0 Å². The first kappa shape index (κ1) is 12.3. The second-order valence-electron chi connectivity index (χ2n) is 2.65. The van der Waals surface area contributed by atoms with E-state index in [-0.39, 0.29) is 6.20 Å². The lowest BCUT2D eigenvalue weighted by Crippen LogP contribution is -2.15. The molecule has 0 radical (unpaired) electrons. The first-order chi connectivity index (χ1) is 7.29. The number of hydrogen-bond acceptors (Lipinski definition) is 2. The van der Waals surface area contributed by atoms with Gasteiger partial charge in [0.1, 0.15) is 22.9 Å². The minimum Gasteiger partial charge on any atom is -0.251 e. The summed E-state index contributed by atoms with van der Waals surface area (Å²) in [7, 11) is 0. The molecule has 1 aromatic heterocycles. The Bertz CT molecular complexity index is 445. The SMILES string of the molecule is N#Cc1c(F)cnc(C(F)F)c1C(F)(F)F. The van der Waals surface area contributed by atoms with Gasteiger partial charge in [-0.2, -0.15) is 18.4 Å². The first-order valence-electron chi connectivity index (χ1n) is 3.73. The average Bonchev–Trinajstić information content (AvgIpc) is 2.15. The number of rotatable bonds is 1. The maximum absolute atomic E-state index is 12.8. The highest BCUT2D eigenvalue weighted by atomic mass is 19.4. The summed E-state index contributed by atoms with van der Waals surface area (Å²) in [4.78, 5) is 2.66. The van der Waals surface area contributed by atoms with Crippen molar-refractivity contribution in [2.75, 3.05) is 0 Å². The van der Waals surface area contributed by atoms with Crippen LogP contribution in [0.2, 0.25) is 0 Å². The molecule has 0 saturated heterocycles. The molecule has 0 amide bonds. The molecule has 0 bridgehead atoms. The lowest BCUT2D eigenvalue weighted by Gasteiger charge is -2.12. The summed E-state index contributed by atoms with van der Waals surface area (Å²) in [6.45, 7) is 0. The van der Waals surface area contributed by atoms with Gasteiger partial charge in [-0.3, -0.25) is 4.98 Å². The normalized spacial score (nSPS) is 11.6. The summed E-state index contributed by atoms with van der Waals surface area (Å²) >= 11 is 0. The Balaban J connectivity index is 3.63. The van der Waals surface area contributed by atoms with Gasteiger partial charge < -0.3 is 0 Å². The summed E-state index contributed by atoms with van der Waals surface area (Å²) in [5, 5.41) is 8.31. The van der Waals surface area contributed by atoms with E-state index in [0.717, 1.165) is 6.07 Å². The van der Waals surface area contributed by atoms with Crippen LogP contribution in [-0.2, 0) is 6.18 Å². The van der Waals surface area contributed by atoms with E-state index in [0.29, 0.717) is 0 Å². The predicted octanol–water partition coefficient (Wildman–Crippen LogP) is 3.05. The van der Waals surface area contributed by atoms with Crippen LogP contribution in [0.1, 0.15) is 23.2 Å². The van der Waals surface area contributed by atoms with E-state index in [2.05, 4.69) is 4.98 Å². The molecule has 2 nitrogen and oxygen atoms in total. The van der Waals surface area contributed by atoms with Gasteiger partial charge in [0.15, 0.2) is 5.82 Å². The van der Waals surface area contributed by atoms with Gasteiger partial charge in [0.25, 0.3) is 6.43 Å². The number of pyridine rings is 1. The fourth-order valence-electron chi connectivity index (χ4n) is 1.06. The standard InChI is InChI=1S/C8H2F6N2/c9-4-2-16-6(7(10)11)5(3(4)1-15)8(12,13)14/h2,7H. The van der Waals surface area contributed by atoms with Gasteiger partial charge in [0.2, 0.25) is 0 Å². The molecule has 1 heterocycles. The summed E-state index contributed by atoms with van der Waals surface area (Å²) in [6, 6.07) is 0.897. The maximum Gasteiger partial charge on any atom is 0.419 e. The zero-order chi connectivity index (χ0) is 12.5. The van der Waals surface area contributed by atoms with Crippen LogP contribution in [0.15, 0.2) is 6.20 Å². The van der Waals surface area contributed by atoms with Crippen LogP contribution in [-0.4, -0.2) is 4.98 Å². The molecule has 0 aromatic carbocycles. The highest BCUT2D eigenvalue weighted by Crippen LogP contribution is 2.37. The molecule has 1 aromatic rings. The van der Waals surface area contributed by atoms with E-state index < -0.39 is 35.2 Å². The molecule has 0 saturated carbocycles. The highest BCUT2D eigenvalue weighted by molar-refractivity contribution is 5.42. The Morgan fingerprint density at radius 3 is 2.25 bits per heavy atom. The van der Waals surface area contributed by atoms with Crippen LogP contribution in [0.3, 0.4) is 0 Å². The molecule has 16 heavy (non-hydrogen) atoms. The van der Waals surface area contributed by atoms with E-state index in [9.17, 15) is 26.3 Å². The minimum absolute atomic E-state index is 0.162. The predicted molar refractivity (Wildman–Crippen MR) is 38.9 cm³/mol. The van der Waals surface area contributed by atoms with Gasteiger partial charge in [-0.05, 0) is 0 Å². The third-order valence-electron chi connectivity index (χ3n) is 1.66. The van der Waals surface area contributed by atoms with Crippen LogP contribution < -0.4 is 0 Å². The molecule has 86 valence electrons. The van der Waals surface area contributed by atoms with Crippen molar-refractivity contribution in [3.05, 3.63) is 28.8 Å². The summed E-state index contributed by atoms with van der Waals surface area (Å²) < 4.78 is 74.3. The number of aromatic nitrogens is 1. The largest absolute Gasteiger partial charge is 0.419 e. The van der Waals surface area contributed by atoms with Crippen LogP contribution in [0.5, 0.6) is 0 Å². The van der Waals surface area contributed by atoms with Gasteiger partial charge in [0.05, 0.1) is 6.20 Å². The lowest BCUT2D eigenvalue weighted by molar-refractivity contribution is -0.140. The summed E-state index contributed by atoms with van der Waals surface area (Å²) in [6.07, 6.45) is -8.63. The van der Waals surface area contributed by atoms with Crippen molar-refractivity contribution in [1.82, 2.24) is 4.98 Å². The quantitative estimate of drug-likeness (QED) is 0.707. The van der Waals surface area contributed by atoms with Crippen molar-refractivity contribution in [1.29, 1.82) is 5.26 Å². The highest BCUT2D eigenvalue weighted by Gasteiger charge is 2.40. The van der Waals surface area contributed by atoms with Crippen molar-refractivity contribution in [3.8, 4) is 6.07 Å². The number of halogens is 6. The lowest BCUT2D eigenvalue weighted by atomic mass is 10.1. The molecular formula is C8H2F6N2. The van der Waals surface area contributed by atoms with E-state index in [1.54, 1.807) is 0 Å². The van der Waals surface area contributed by atoms with Crippen molar-refractivity contribution in [3.63, 3.8) is 0 Å². The maximum atomic E-state index is 12.8. The Morgan fingerprint density at radius 2 is 1.88 bits per heavy atom. The molecule has 0 aliphatic rings. The number of nitriles is 1. The van der Waals surface area contributed by atoms with Gasteiger partial charge >= 0.3 is 6.18 Å². The Kier molecular flexibility index (Phi) is 3.07. The van der Waals surface area contributed by atoms with Crippen LogP contribution in [0, 0.1) is 17.1 Å². The molecule has 1 rings (SSSR count). The molecule has 8 heteroatoms. The van der Waals surface area contributed by atoms with Gasteiger partial charge in [-0.25, -0.2) is 13.2 Å². The zero-order valence-corrected chi connectivity index (χ0v) is 7.32. The monoisotopic (exact) mass is 240 g/mol. The molecule has 0 spiro atoms. The molecule has 0 aliphatic carbocycles. The minimum atomic E-state index is -5.26. The topological polar surface area (TPSA) is 36.7 Å². The van der Waals surface area contributed by atoms with Gasteiger partial charge in [-0.1, -0.05) is 0 Å². The number of alkyl halides is 5. The fourth-order valence-corrected chi connectivity index (χ4v) is 1.06. The van der Waals surface area contributed by atoms with Crippen molar-refractivity contribution in [2.45, 2.75) is 12.6 Å². The molecule has 0 unspecified atom stereocenters. The van der Waals surface area contributed by atoms with E-state index in [1.807, 2.05) is 0 Å². The molecule has 0 N–H and O–H groups in total. The second kappa shape index (κ2) is 4.00. The van der Waals surface area contributed by atoms with Crippen molar-refractivity contribution < 1.29 is 26.3 Å². The van der Waals surface area contributed by atoms with E-state index >= 15 is 0 Å². The smallest absolute Gasteiger partial charge is 0.251 e. The fraction of sp³-hybridized carbons (Fsp3) is 0.250. The first-order valence-corrected chi connectivity index (χ1v) is 3.73. The molecule has 0 aliphatic heterocycles. The third kappa shape index (κ3) is 2.08. The molecular weight excluding hydrogens is 238 g/mol. The number of hydrogen-bond donors (Lipinski definition) is 0. The average molecular weight is 240 g/mol. The van der Waals surface area contributed by atoms with Gasteiger partial charge in [-0.15, -0.1) is 0 Å². The second-order valence-corrected chi connectivity index (χ2v) is 2.65. The molecule has 0 fully saturated rings. The van der Waals surface area contributed by atoms with Crippen LogP contribution >= 0.6 is 0 Å². The Hall–Kier alpha value is -1.78. The number of nitrogens with zero attached hydrogens (tertiary/aromatic N) is 2. The Labute approximate surface area is 85.1 Å². The summed E-state index contributed by atoms with van der Waals surface area (Å²) in [5.74, 6) is -1.58. The summed E-state index contributed by atoms with van der Waals surface area (Å²) in [5.41, 5.74) is -5.15. The van der Waals surface area contributed by atoms with E-state index in [4.69, 9.17) is 5.26 Å². The zero-order valence-electron chi connectivity index (χ0n) is 7.32. The van der Waals surface area contributed by atoms with Crippen molar-refractivity contribution >= 4 is 0 Å². The van der Waals surface area contributed by atoms with Gasteiger partial charge in [0, 0.05) is 0 Å². The van der Waals surface area contributed by atoms with Crippen LogP contribution in [0.4, 0.5) is 26.3 Å². The van der Waals surface area contributed by atoms with Crippen LogP contribution in [0.25, 0.3) is 0 Å². The third-order valence-corrected chi connectivity index (χ3v) is 1.66. The van der Waals surface area contributed by atoms with Crippen molar-refractivity contribution in [2.24, 2.45) is 0 Å². The Morgan fingerprint density at radius 1 is 1.31 bits per heavy atom. The molecule has 0 atom stereocenters.